The molecule has 0 aromatic heterocycles. The molecule has 0 saturated heterocycles. The highest BCUT2D eigenvalue weighted by atomic mass is 79.9. The van der Waals surface area contributed by atoms with Crippen LogP contribution in [-0.4, -0.2) is 36.7 Å². The van der Waals surface area contributed by atoms with Crippen molar-refractivity contribution in [3.63, 3.8) is 0 Å². The standard InChI is InChI=1S/C14H18BrNO4/c1-9-7-11(15)4-3-10(9)8-13(17)16-12(14(18)19)5-6-20-2/h3-4,7,12H,5-6,8H2,1-2H3,(H,16,17)(H,18,19). The second-order valence-electron chi connectivity index (χ2n) is 4.49. The number of carbonyl (C=O) groups is 2. The molecule has 1 atom stereocenters. The van der Waals surface area contributed by atoms with Crippen LogP contribution in [0.4, 0.5) is 0 Å². The van der Waals surface area contributed by atoms with Gasteiger partial charge in [-0.25, -0.2) is 4.79 Å². The van der Waals surface area contributed by atoms with E-state index >= 15 is 0 Å². The second-order valence-corrected chi connectivity index (χ2v) is 5.40. The predicted molar refractivity (Wildman–Crippen MR) is 78.6 cm³/mol. The van der Waals surface area contributed by atoms with Crippen molar-refractivity contribution < 1.29 is 19.4 Å². The summed E-state index contributed by atoms with van der Waals surface area (Å²) in [6, 6.07) is 4.71. The van der Waals surface area contributed by atoms with Gasteiger partial charge in [0.25, 0.3) is 0 Å². The Morgan fingerprint density at radius 2 is 2.15 bits per heavy atom. The summed E-state index contributed by atoms with van der Waals surface area (Å²) in [6.45, 7) is 2.20. The molecule has 110 valence electrons. The van der Waals surface area contributed by atoms with E-state index in [1.54, 1.807) is 0 Å². The second kappa shape index (κ2) is 8.01. The summed E-state index contributed by atoms with van der Waals surface area (Å²) >= 11 is 3.36. The molecular formula is C14H18BrNO4. The zero-order valence-electron chi connectivity index (χ0n) is 11.5. The van der Waals surface area contributed by atoms with Crippen molar-refractivity contribution in [3.05, 3.63) is 33.8 Å². The Hall–Kier alpha value is -1.40. The lowest BCUT2D eigenvalue weighted by Crippen LogP contribution is -2.42. The smallest absolute Gasteiger partial charge is 0.326 e. The van der Waals surface area contributed by atoms with E-state index in [9.17, 15) is 9.59 Å². The average molecular weight is 344 g/mol. The van der Waals surface area contributed by atoms with Crippen molar-refractivity contribution in [3.8, 4) is 0 Å². The Morgan fingerprint density at radius 3 is 2.70 bits per heavy atom. The van der Waals surface area contributed by atoms with Crippen LogP contribution < -0.4 is 5.32 Å². The number of halogens is 1. The number of aliphatic carboxylic acids is 1. The minimum absolute atomic E-state index is 0.163. The zero-order valence-corrected chi connectivity index (χ0v) is 13.1. The summed E-state index contributed by atoms with van der Waals surface area (Å²) in [5.74, 6) is -1.36. The van der Waals surface area contributed by atoms with E-state index in [-0.39, 0.29) is 25.4 Å². The molecule has 20 heavy (non-hydrogen) atoms. The molecule has 1 aromatic carbocycles. The molecule has 0 spiro atoms. The molecule has 1 rings (SSSR count). The maximum Gasteiger partial charge on any atom is 0.326 e. The molecule has 0 radical (unpaired) electrons. The van der Waals surface area contributed by atoms with Gasteiger partial charge in [-0.3, -0.25) is 4.79 Å². The van der Waals surface area contributed by atoms with Gasteiger partial charge in [0.1, 0.15) is 6.04 Å². The molecule has 1 aromatic rings. The molecule has 0 bridgehead atoms. The van der Waals surface area contributed by atoms with E-state index < -0.39 is 12.0 Å². The van der Waals surface area contributed by atoms with E-state index in [1.807, 2.05) is 25.1 Å². The summed E-state index contributed by atoms with van der Waals surface area (Å²) in [5, 5.41) is 11.5. The monoisotopic (exact) mass is 343 g/mol. The Kier molecular flexibility index (Phi) is 6.67. The van der Waals surface area contributed by atoms with Crippen molar-refractivity contribution in [2.24, 2.45) is 0 Å². The third-order valence-corrected chi connectivity index (χ3v) is 3.39. The van der Waals surface area contributed by atoms with E-state index in [0.29, 0.717) is 0 Å². The summed E-state index contributed by atoms with van der Waals surface area (Å²) < 4.78 is 5.78. The van der Waals surface area contributed by atoms with Crippen molar-refractivity contribution in [1.29, 1.82) is 0 Å². The van der Waals surface area contributed by atoms with Crippen LogP contribution in [-0.2, 0) is 20.7 Å². The molecular weight excluding hydrogens is 326 g/mol. The number of methoxy groups -OCH3 is 1. The van der Waals surface area contributed by atoms with Crippen LogP contribution in [0.1, 0.15) is 17.5 Å². The predicted octanol–water partition coefficient (Wildman–Crippen LogP) is 1.91. The Labute approximate surface area is 126 Å². The summed E-state index contributed by atoms with van der Waals surface area (Å²) in [4.78, 5) is 22.9. The van der Waals surface area contributed by atoms with Gasteiger partial charge in [0.05, 0.1) is 6.42 Å². The number of rotatable bonds is 7. The van der Waals surface area contributed by atoms with Gasteiger partial charge in [-0.15, -0.1) is 0 Å². The van der Waals surface area contributed by atoms with Gasteiger partial charge < -0.3 is 15.2 Å². The van der Waals surface area contributed by atoms with Crippen LogP contribution in [0, 0.1) is 6.92 Å². The molecule has 0 saturated carbocycles. The summed E-state index contributed by atoms with van der Waals surface area (Å²) in [6.07, 6.45) is 0.409. The Bertz CT molecular complexity index is 490. The number of carbonyl (C=O) groups excluding carboxylic acids is 1. The molecule has 2 N–H and O–H groups in total. The minimum Gasteiger partial charge on any atom is -0.480 e. The van der Waals surface area contributed by atoms with Gasteiger partial charge in [0.15, 0.2) is 0 Å². The average Bonchev–Trinajstić information content (AvgIpc) is 2.37. The number of amides is 1. The highest BCUT2D eigenvalue weighted by Crippen LogP contribution is 2.16. The maximum absolute atomic E-state index is 11.9. The van der Waals surface area contributed by atoms with E-state index in [1.165, 1.54) is 7.11 Å². The molecule has 1 unspecified atom stereocenters. The third-order valence-electron chi connectivity index (χ3n) is 2.90. The molecule has 0 fully saturated rings. The summed E-state index contributed by atoms with van der Waals surface area (Å²) in [5.41, 5.74) is 1.86. The van der Waals surface area contributed by atoms with Crippen molar-refractivity contribution in [2.45, 2.75) is 25.8 Å². The molecule has 0 aliphatic carbocycles. The first-order valence-corrected chi connectivity index (χ1v) is 6.99. The van der Waals surface area contributed by atoms with Gasteiger partial charge in [0.2, 0.25) is 5.91 Å². The van der Waals surface area contributed by atoms with Gasteiger partial charge in [-0.05, 0) is 30.2 Å². The fourth-order valence-electron chi connectivity index (χ4n) is 1.77. The number of benzene rings is 1. The van der Waals surface area contributed by atoms with Gasteiger partial charge in [-0.1, -0.05) is 22.0 Å². The van der Waals surface area contributed by atoms with Gasteiger partial charge >= 0.3 is 5.97 Å². The Morgan fingerprint density at radius 1 is 1.45 bits per heavy atom. The molecule has 0 aliphatic rings. The lowest BCUT2D eigenvalue weighted by atomic mass is 10.1. The number of nitrogens with one attached hydrogen (secondary N) is 1. The number of carboxylic acids is 1. The molecule has 0 heterocycles. The molecule has 6 heteroatoms. The van der Waals surface area contributed by atoms with Crippen molar-refractivity contribution in [1.82, 2.24) is 5.32 Å². The highest BCUT2D eigenvalue weighted by Gasteiger charge is 2.19. The van der Waals surface area contributed by atoms with Crippen LogP contribution >= 0.6 is 15.9 Å². The van der Waals surface area contributed by atoms with Gasteiger partial charge in [-0.2, -0.15) is 0 Å². The van der Waals surface area contributed by atoms with Crippen molar-refractivity contribution in [2.75, 3.05) is 13.7 Å². The van der Waals surface area contributed by atoms with E-state index in [0.717, 1.165) is 15.6 Å². The number of carboxylic acid groups (broad SMARTS) is 1. The normalized spacial score (nSPS) is 11.9. The quantitative estimate of drug-likeness (QED) is 0.792. The molecule has 5 nitrogen and oxygen atoms in total. The van der Waals surface area contributed by atoms with Crippen LogP contribution in [0.5, 0.6) is 0 Å². The number of hydrogen-bond donors (Lipinski definition) is 2. The fraction of sp³-hybridized carbons (Fsp3) is 0.429. The molecule has 0 aliphatic heterocycles. The highest BCUT2D eigenvalue weighted by molar-refractivity contribution is 9.10. The SMILES string of the molecule is COCCC(NC(=O)Cc1ccc(Br)cc1C)C(=O)O. The lowest BCUT2D eigenvalue weighted by molar-refractivity contribution is -0.142. The topological polar surface area (TPSA) is 75.6 Å². The first-order valence-electron chi connectivity index (χ1n) is 6.20. The van der Waals surface area contributed by atoms with Crippen LogP contribution in [0.15, 0.2) is 22.7 Å². The summed E-state index contributed by atoms with van der Waals surface area (Å²) in [7, 11) is 1.49. The van der Waals surface area contributed by atoms with Crippen LogP contribution in [0.2, 0.25) is 0 Å². The fourth-order valence-corrected chi connectivity index (χ4v) is 2.24. The maximum atomic E-state index is 11.9. The minimum atomic E-state index is -1.05. The largest absolute Gasteiger partial charge is 0.480 e. The Balaban J connectivity index is 2.63. The zero-order chi connectivity index (χ0) is 15.1. The van der Waals surface area contributed by atoms with Crippen LogP contribution in [0.25, 0.3) is 0 Å². The van der Waals surface area contributed by atoms with Crippen molar-refractivity contribution >= 4 is 27.8 Å². The first kappa shape index (κ1) is 16.7. The van der Waals surface area contributed by atoms with Crippen LogP contribution in [0.3, 0.4) is 0 Å². The number of hydrogen-bond acceptors (Lipinski definition) is 3. The third kappa shape index (κ3) is 5.30. The first-order chi connectivity index (χ1) is 9.43. The number of ether oxygens (including phenoxy) is 1. The van der Waals surface area contributed by atoms with E-state index in [4.69, 9.17) is 9.84 Å². The number of aryl methyl sites for hydroxylation is 1. The van der Waals surface area contributed by atoms with E-state index in [2.05, 4.69) is 21.2 Å². The lowest BCUT2D eigenvalue weighted by Gasteiger charge is -2.14. The van der Waals surface area contributed by atoms with Gasteiger partial charge in [0, 0.05) is 24.6 Å². The molecule has 1 amide bonds.